The molecule has 0 saturated heterocycles. The average molecular weight is 425 g/mol. The first-order chi connectivity index (χ1) is 14.3. The average Bonchev–Trinajstić information content (AvgIpc) is 3.19. The van der Waals surface area contributed by atoms with E-state index in [1.165, 1.54) is 24.3 Å². The summed E-state index contributed by atoms with van der Waals surface area (Å²) in [6.07, 6.45) is 0. The zero-order chi connectivity index (χ0) is 21.3. The lowest BCUT2D eigenvalue weighted by atomic mass is 10.1. The lowest BCUT2D eigenvalue weighted by Crippen LogP contribution is -2.17. The van der Waals surface area contributed by atoms with Crippen molar-refractivity contribution in [3.63, 3.8) is 0 Å². The van der Waals surface area contributed by atoms with Gasteiger partial charge in [-0.3, -0.25) is 9.52 Å². The maximum Gasteiger partial charge on any atom is 0.262 e. The maximum absolute atomic E-state index is 13.9. The van der Waals surface area contributed by atoms with Gasteiger partial charge in [0.05, 0.1) is 10.6 Å². The van der Waals surface area contributed by atoms with Crippen LogP contribution in [0.15, 0.2) is 65.6 Å². The Labute approximate surface area is 171 Å². The maximum atomic E-state index is 13.9. The summed E-state index contributed by atoms with van der Waals surface area (Å²) in [6, 6.07) is 14.8. The van der Waals surface area contributed by atoms with Gasteiger partial charge in [0, 0.05) is 11.3 Å². The van der Waals surface area contributed by atoms with Gasteiger partial charge < -0.3 is 5.32 Å². The van der Waals surface area contributed by atoms with Crippen LogP contribution < -0.4 is 10.0 Å². The molecule has 0 fully saturated rings. The lowest BCUT2D eigenvalue weighted by molar-refractivity contribution is 0.102. The highest BCUT2D eigenvalue weighted by Gasteiger charge is 2.20. The van der Waals surface area contributed by atoms with Crippen molar-refractivity contribution >= 4 is 38.3 Å². The number of para-hydroxylation sites is 1. The molecule has 0 aliphatic heterocycles. The highest BCUT2D eigenvalue weighted by atomic mass is 32.2. The van der Waals surface area contributed by atoms with Crippen LogP contribution in [0.3, 0.4) is 0 Å². The molecule has 1 aromatic heterocycles. The normalized spacial score (nSPS) is 11.4. The number of hydrogen-bond donors (Lipinski definition) is 3. The first-order valence-electron chi connectivity index (χ1n) is 8.83. The fraction of sp³-hybridized carbons (Fsp3) is 0.0500. The number of aromatic amines is 1. The topological polar surface area (TPSA) is 117 Å². The number of amides is 1. The summed E-state index contributed by atoms with van der Waals surface area (Å²) in [5.41, 5.74) is 2.05. The van der Waals surface area contributed by atoms with Crippen LogP contribution in [0, 0.1) is 12.7 Å². The quantitative estimate of drug-likeness (QED) is 0.453. The van der Waals surface area contributed by atoms with E-state index in [9.17, 15) is 17.6 Å². The van der Waals surface area contributed by atoms with E-state index < -0.39 is 21.7 Å². The van der Waals surface area contributed by atoms with E-state index in [1.54, 1.807) is 37.3 Å². The number of aromatic nitrogens is 3. The zero-order valence-corrected chi connectivity index (χ0v) is 16.5. The number of benzene rings is 3. The van der Waals surface area contributed by atoms with Crippen molar-refractivity contribution in [2.45, 2.75) is 11.8 Å². The molecule has 4 aromatic rings. The van der Waals surface area contributed by atoms with Gasteiger partial charge in [0.1, 0.15) is 16.9 Å². The minimum Gasteiger partial charge on any atom is -0.322 e. The summed E-state index contributed by atoms with van der Waals surface area (Å²) in [6.45, 7) is 1.61. The molecule has 10 heteroatoms. The Kier molecular flexibility index (Phi) is 4.92. The number of anilines is 2. The number of H-pyrrole nitrogens is 1. The molecule has 0 aliphatic rings. The minimum absolute atomic E-state index is 0.0736. The molecule has 0 bridgehead atoms. The van der Waals surface area contributed by atoms with Crippen molar-refractivity contribution < 1.29 is 17.6 Å². The van der Waals surface area contributed by atoms with Gasteiger partial charge >= 0.3 is 0 Å². The van der Waals surface area contributed by atoms with Crippen LogP contribution in [0.2, 0.25) is 0 Å². The van der Waals surface area contributed by atoms with Crippen molar-refractivity contribution in [3.05, 3.63) is 77.6 Å². The SMILES string of the molecule is Cc1ccc(NC(=O)c2ccc3n[nH]nc3c2)cc1S(=O)(=O)Nc1ccccc1F. The molecule has 1 amide bonds. The molecule has 152 valence electrons. The molecule has 0 unspecified atom stereocenters. The Balaban J connectivity index is 1.61. The Hall–Kier alpha value is -3.79. The van der Waals surface area contributed by atoms with Gasteiger partial charge in [-0.25, -0.2) is 12.8 Å². The number of halogens is 1. The minimum atomic E-state index is -4.07. The predicted molar refractivity (Wildman–Crippen MR) is 110 cm³/mol. The zero-order valence-electron chi connectivity index (χ0n) is 15.7. The molecule has 0 atom stereocenters. The van der Waals surface area contributed by atoms with E-state index in [0.29, 0.717) is 22.2 Å². The van der Waals surface area contributed by atoms with Gasteiger partial charge in [-0.1, -0.05) is 18.2 Å². The molecular weight excluding hydrogens is 409 g/mol. The standard InChI is InChI=1S/C20H16FN5O3S/c1-12-6-8-14(22-20(27)13-7-9-17-18(10-13)24-26-23-17)11-19(12)30(28,29)25-16-5-3-2-4-15(16)21/h2-11,25H,1H3,(H,22,27)(H,23,24,26). The summed E-state index contributed by atoms with van der Waals surface area (Å²) in [4.78, 5) is 12.5. The predicted octanol–water partition coefficient (Wildman–Crippen LogP) is 3.46. The van der Waals surface area contributed by atoms with Gasteiger partial charge in [-0.05, 0) is 55.0 Å². The summed E-state index contributed by atoms with van der Waals surface area (Å²) in [7, 11) is -4.07. The van der Waals surface area contributed by atoms with Crippen LogP contribution in [-0.4, -0.2) is 29.7 Å². The van der Waals surface area contributed by atoms with Gasteiger partial charge in [0.25, 0.3) is 15.9 Å². The number of hydrogen-bond acceptors (Lipinski definition) is 5. The third-order valence-electron chi connectivity index (χ3n) is 4.43. The molecule has 30 heavy (non-hydrogen) atoms. The Morgan fingerprint density at radius 2 is 1.77 bits per heavy atom. The van der Waals surface area contributed by atoms with E-state index in [-0.39, 0.29) is 16.3 Å². The second kappa shape index (κ2) is 7.56. The third-order valence-corrected chi connectivity index (χ3v) is 5.94. The van der Waals surface area contributed by atoms with E-state index in [1.807, 2.05) is 0 Å². The van der Waals surface area contributed by atoms with Crippen LogP contribution in [0.1, 0.15) is 15.9 Å². The molecule has 0 spiro atoms. The third kappa shape index (κ3) is 3.85. The molecule has 4 rings (SSSR count). The second-order valence-electron chi connectivity index (χ2n) is 6.55. The number of carbonyl (C=O) groups excluding carboxylic acids is 1. The van der Waals surface area contributed by atoms with E-state index in [4.69, 9.17) is 0 Å². The lowest BCUT2D eigenvalue weighted by Gasteiger charge is -2.13. The molecule has 3 aromatic carbocycles. The van der Waals surface area contributed by atoms with E-state index in [2.05, 4.69) is 25.4 Å². The molecular formula is C20H16FN5O3S. The number of rotatable bonds is 5. The van der Waals surface area contributed by atoms with Gasteiger partial charge in [-0.2, -0.15) is 15.4 Å². The summed E-state index contributed by atoms with van der Waals surface area (Å²) in [5, 5.41) is 13.0. The number of carbonyl (C=O) groups is 1. The molecule has 8 nitrogen and oxygen atoms in total. The molecule has 0 aliphatic carbocycles. The fourth-order valence-corrected chi connectivity index (χ4v) is 4.23. The number of nitrogens with one attached hydrogen (secondary N) is 3. The highest BCUT2D eigenvalue weighted by Crippen LogP contribution is 2.24. The van der Waals surface area contributed by atoms with Gasteiger partial charge in [0.15, 0.2) is 0 Å². The number of fused-ring (bicyclic) bond motifs is 1. The monoisotopic (exact) mass is 425 g/mol. The van der Waals surface area contributed by atoms with Crippen LogP contribution in [0.25, 0.3) is 11.0 Å². The van der Waals surface area contributed by atoms with Crippen LogP contribution in [0.4, 0.5) is 15.8 Å². The van der Waals surface area contributed by atoms with Crippen molar-refractivity contribution in [2.75, 3.05) is 10.0 Å². The number of aryl methyl sites for hydroxylation is 1. The van der Waals surface area contributed by atoms with Gasteiger partial charge in [-0.15, -0.1) is 0 Å². The Bertz CT molecular complexity index is 1370. The summed E-state index contributed by atoms with van der Waals surface area (Å²) in [5.74, 6) is -1.12. The van der Waals surface area contributed by atoms with Crippen LogP contribution >= 0.6 is 0 Å². The van der Waals surface area contributed by atoms with Crippen molar-refractivity contribution in [3.8, 4) is 0 Å². The van der Waals surface area contributed by atoms with Crippen molar-refractivity contribution in [1.82, 2.24) is 15.4 Å². The molecule has 1 heterocycles. The van der Waals surface area contributed by atoms with Crippen molar-refractivity contribution in [2.24, 2.45) is 0 Å². The largest absolute Gasteiger partial charge is 0.322 e. The Morgan fingerprint density at radius 3 is 2.57 bits per heavy atom. The number of nitrogens with zero attached hydrogens (tertiary/aromatic N) is 2. The van der Waals surface area contributed by atoms with Crippen LogP contribution in [0.5, 0.6) is 0 Å². The molecule has 3 N–H and O–H groups in total. The molecule has 0 saturated carbocycles. The van der Waals surface area contributed by atoms with E-state index >= 15 is 0 Å². The fourth-order valence-electron chi connectivity index (χ4n) is 2.90. The smallest absolute Gasteiger partial charge is 0.262 e. The van der Waals surface area contributed by atoms with Crippen LogP contribution in [-0.2, 0) is 10.0 Å². The highest BCUT2D eigenvalue weighted by molar-refractivity contribution is 7.92. The summed E-state index contributed by atoms with van der Waals surface area (Å²) >= 11 is 0. The molecule has 0 radical (unpaired) electrons. The Morgan fingerprint density at radius 1 is 1.00 bits per heavy atom. The first-order valence-corrected chi connectivity index (χ1v) is 10.3. The first kappa shape index (κ1) is 19.5. The number of sulfonamides is 1. The summed E-state index contributed by atoms with van der Waals surface area (Å²) < 4.78 is 41.7. The second-order valence-corrected chi connectivity index (χ2v) is 8.20. The van der Waals surface area contributed by atoms with Gasteiger partial charge in [0.2, 0.25) is 0 Å². The van der Waals surface area contributed by atoms with Crippen molar-refractivity contribution in [1.29, 1.82) is 0 Å². The van der Waals surface area contributed by atoms with E-state index in [0.717, 1.165) is 6.07 Å².